The van der Waals surface area contributed by atoms with Gasteiger partial charge < -0.3 is 4.74 Å². The Kier molecular flexibility index (Phi) is 4.11. The van der Waals surface area contributed by atoms with E-state index in [4.69, 9.17) is 0 Å². The van der Waals surface area contributed by atoms with Crippen molar-refractivity contribution >= 4 is 10.2 Å². The predicted molar refractivity (Wildman–Crippen MR) is 49.4 cm³/mol. The fourth-order valence-corrected chi connectivity index (χ4v) is 2.52. The van der Waals surface area contributed by atoms with Gasteiger partial charge in [-0.3, -0.25) is 0 Å². The van der Waals surface area contributed by atoms with Crippen LogP contribution in [0.3, 0.4) is 0 Å². The molecule has 1 N–H and O–H groups in total. The maximum absolute atomic E-state index is 11.5. The van der Waals surface area contributed by atoms with Crippen LogP contribution in [0.2, 0.25) is 0 Å². The molecule has 0 bridgehead atoms. The molecular weight excluding hydrogens is 192 g/mol. The Labute approximate surface area is 79.2 Å². The highest BCUT2D eigenvalue weighted by Crippen LogP contribution is 2.11. The average molecular weight is 208 g/mol. The minimum Gasteiger partial charge on any atom is -0.368 e. The Bertz CT molecular complexity index is 234. The molecule has 0 aromatic carbocycles. The standard InChI is InChI=1S/C7H16N2O3S/c1-12-7-8-13(10,11)9-5-3-2-4-6-9/h8H,2-7H2,1H3. The molecule has 5 nitrogen and oxygen atoms in total. The van der Waals surface area contributed by atoms with Gasteiger partial charge in [0.1, 0.15) is 6.73 Å². The smallest absolute Gasteiger partial charge is 0.281 e. The van der Waals surface area contributed by atoms with E-state index < -0.39 is 10.2 Å². The van der Waals surface area contributed by atoms with Crippen LogP contribution < -0.4 is 4.72 Å². The number of methoxy groups -OCH3 is 1. The van der Waals surface area contributed by atoms with Crippen LogP contribution in [0.25, 0.3) is 0 Å². The van der Waals surface area contributed by atoms with Crippen LogP contribution in [-0.2, 0) is 14.9 Å². The van der Waals surface area contributed by atoms with Crippen molar-refractivity contribution in [1.29, 1.82) is 0 Å². The molecule has 0 saturated carbocycles. The third-order valence-corrected chi connectivity index (χ3v) is 3.57. The summed E-state index contributed by atoms with van der Waals surface area (Å²) in [4.78, 5) is 0. The summed E-state index contributed by atoms with van der Waals surface area (Å²) in [7, 11) is -1.83. The number of hydrogen-bond donors (Lipinski definition) is 1. The molecule has 1 saturated heterocycles. The van der Waals surface area contributed by atoms with Crippen LogP contribution in [0, 0.1) is 0 Å². The van der Waals surface area contributed by atoms with Gasteiger partial charge in [0.25, 0.3) is 10.2 Å². The Morgan fingerprint density at radius 2 is 1.92 bits per heavy atom. The SMILES string of the molecule is COCNS(=O)(=O)N1CCCCC1. The lowest BCUT2D eigenvalue weighted by Gasteiger charge is -2.25. The van der Waals surface area contributed by atoms with E-state index in [0.29, 0.717) is 13.1 Å². The fourth-order valence-electron chi connectivity index (χ4n) is 1.33. The van der Waals surface area contributed by atoms with E-state index in [1.54, 1.807) is 0 Å². The quantitative estimate of drug-likeness (QED) is 0.657. The first-order valence-corrected chi connectivity index (χ1v) is 5.84. The molecule has 1 rings (SSSR count). The average Bonchev–Trinajstić information content (AvgIpc) is 2.16. The fraction of sp³-hybridized carbons (Fsp3) is 1.00. The predicted octanol–water partition coefficient (Wildman–Crippen LogP) is -0.0894. The van der Waals surface area contributed by atoms with Crippen molar-refractivity contribution in [2.75, 3.05) is 26.9 Å². The van der Waals surface area contributed by atoms with Crippen LogP contribution in [-0.4, -0.2) is 39.7 Å². The second-order valence-corrected chi connectivity index (χ2v) is 4.80. The highest BCUT2D eigenvalue weighted by Gasteiger charge is 2.22. The maximum atomic E-state index is 11.5. The van der Waals surface area contributed by atoms with Gasteiger partial charge in [-0.15, -0.1) is 0 Å². The molecule has 78 valence electrons. The van der Waals surface area contributed by atoms with Crippen molar-refractivity contribution in [3.63, 3.8) is 0 Å². The van der Waals surface area contributed by atoms with Gasteiger partial charge >= 0.3 is 0 Å². The van der Waals surface area contributed by atoms with Crippen molar-refractivity contribution < 1.29 is 13.2 Å². The molecule has 1 aliphatic rings. The number of rotatable bonds is 4. The van der Waals surface area contributed by atoms with Gasteiger partial charge in [0, 0.05) is 20.2 Å². The minimum absolute atomic E-state index is 0.0405. The number of ether oxygens (including phenoxy) is 1. The second-order valence-electron chi connectivity index (χ2n) is 3.04. The number of hydrogen-bond acceptors (Lipinski definition) is 3. The van der Waals surface area contributed by atoms with Crippen LogP contribution in [0.1, 0.15) is 19.3 Å². The molecule has 0 aromatic heterocycles. The molecule has 0 amide bonds. The van der Waals surface area contributed by atoms with Crippen molar-refractivity contribution in [2.24, 2.45) is 0 Å². The van der Waals surface area contributed by atoms with E-state index >= 15 is 0 Å². The van der Waals surface area contributed by atoms with Gasteiger partial charge in [0.15, 0.2) is 0 Å². The first-order valence-electron chi connectivity index (χ1n) is 4.40. The topological polar surface area (TPSA) is 58.6 Å². The van der Waals surface area contributed by atoms with Crippen LogP contribution >= 0.6 is 0 Å². The summed E-state index contributed by atoms with van der Waals surface area (Å²) in [5.74, 6) is 0. The van der Waals surface area contributed by atoms with Gasteiger partial charge in [0.05, 0.1) is 0 Å². The van der Waals surface area contributed by atoms with E-state index in [-0.39, 0.29) is 6.73 Å². The number of piperidine rings is 1. The molecule has 0 radical (unpaired) electrons. The minimum atomic E-state index is -3.29. The molecule has 1 aliphatic heterocycles. The van der Waals surface area contributed by atoms with Crippen LogP contribution in [0.5, 0.6) is 0 Å². The number of nitrogens with zero attached hydrogens (tertiary/aromatic N) is 1. The Hall–Kier alpha value is -0.170. The normalized spacial score (nSPS) is 20.4. The van der Waals surface area contributed by atoms with E-state index in [2.05, 4.69) is 9.46 Å². The molecule has 0 unspecified atom stereocenters. The summed E-state index contributed by atoms with van der Waals surface area (Å²) in [5, 5.41) is 0. The van der Waals surface area contributed by atoms with E-state index in [9.17, 15) is 8.42 Å². The third kappa shape index (κ3) is 3.22. The molecule has 1 fully saturated rings. The van der Waals surface area contributed by atoms with Gasteiger partial charge in [-0.2, -0.15) is 17.4 Å². The third-order valence-electron chi connectivity index (χ3n) is 2.04. The van der Waals surface area contributed by atoms with Crippen LogP contribution in [0.15, 0.2) is 0 Å². The lowest BCUT2D eigenvalue weighted by Crippen LogP contribution is -2.43. The summed E-state index contributed by atoms with van der Waals surface area (Å²) in [5.41, 5.74) is 0. The Morgan fingerprint density at radius 1 is 1.31 bits per heavy atom. The highest BCUT2D eigenvalue weighted by molar-refractivity contribution is 7.87. The lowest BCUT2D eigenvalue weighted by atomic mass is 10.2. The van der Waals surface area contributed by atoms with E-state index in [1.807, 2.05) is 0 Å². The lowest BCUT2D eigenvalue weighted by molar-refractivity contribution is 0.191. The van der Waals surface area contributed by atoms with Crippen molar-refractivity contribution in [3.05, 3.63) is 0 Å². The van der Waals surface area contributed by atoms with Gasteiger partial charge in [-0.1, -0.05) is 6.42 Å². The number of nitrogens with one attached hydrogen (secondary N) is 1. The molecular formula is C7H16N2O3S. The highest BCUT2D eigenvalue weighted by atomic mass is 32.2. The molecule has 0 spiro atoms. The zero-order valence-electron chi connectivity index (χ0n) is 7.82. The van der Waals surface area contributed by atoms with E-state index in [0.717, 1.165) is 19.3 Å². The second kappa shape index (κ2) is 4.90. The molecule has 1 heterocycles. The van der Waals surface area contributed by atoms with Crippen molar-refractivity contribution in [1.82, 2.24) is 9.03 Å². The van der Waals surface area contributed by atoms with Gasteiger partial charge in [-0.05, 0) is 12.8 Å². The first-order chi connectivity index (χ1) is 6.17. The summed E-state index contributed by atoms with van der Waals surface area (Å²) < 4.78 is 31.4. The molecule has 0 aliphatic carbocycles. The molecule has 6 heteroatoms. The Morgan fingerprint density at radius 3 is 2.46 bits per heavy atom. The summed E-state index contributed by atoms with van der Waals surface area (Å²) in [6.07, 6.45) is 3.03. The molecule has 13 heavy (non-hydrogen) atoms. The molecule has 0 aromatic rings. The summed E-state index contributed by atoms with van der Waals surface area (Å²) in [6.45, 7) is 1.29. The van der Waals surface area contributed by atoms with Crippen molar-refractivity contribution in [3.8, 4) is 0 Å². The van der Waals surface area contributed by atoms with Gasteiger partial charge in [0.2, 0.25) is 0 Å². The monoisotopic (exact) mass is 208 g/mol. The summed E-state index contributed by atoms with van der Waals surface area (Å²) >= 11 is 0. The maximum Gasteiger partial charge on any atom is 0.281 e. The Balaban J connectivity index is 2.47. The largest absolute Gasteiger partial charge is 0.368 e. The zero-order valence-corrected chi connectivity index (χ0v) is 8.64. The zero-order chi connectivity index (χ0) is 9.73. The van der Waals surface area contributed by atoms with Crippen molar-refractivity contribution in [2.45, 2.75) is 19.3 Å². The first kappa shape index (κ1) is 10.9. The van der Waals surface area contributed by atoms with Gasteiger partial charge in [-0.25, -0.2) is 0 Å². The summed E-state index contributed by atoms with van der Waals surface area (Å²) in [6, 6.07) is 0. The molecule has 0 atom stereocenters. The van der Waals surface area contributed by atoms with Crippen LogP contribution in [0.4, 0.5) is 0 Å². The van der Waals surface area contributed by atoms with E-state index in [1.165, 1.54) is 11.4 Å².